The molecular formula is C12H23N2O2+. The van der Waals surface area contributed by atoms with Crippen LogP contribution in [0, 0.1) is 5.41 Å². The average molecular weight is 227 g/mol. The minimum atomic E-state index is -0.375. The maximum absolute atomic E-state index is 11.8. The van der Waals surface area contributed by atoms with Crippen molar-refractivity contribution in [2.75, 3.05) is 26.2 Å². The van der Waals surface area contributed by atoms with Crippen molar-refractivity contribution in [2.24, 2.45) is 5.41 Å². The number of rotatable bonds is 0. The molecule has 1 spiro atoms. The molecule has 0 atom stereocenters. The Kier molecular flexibility index (Phi) is 2.86. The fraction of sp³-hybridized carbons (Fsp3) is 0.917. The average Bonchev–Trinajstić information content (AvgIpc) is 2.12. The standard InChI is InChI=1S/C12H22N2O2/c1-11(2,3)16-10(15)14-8-12(9-14)4-6-13-7-5-12/h13H,4-9H2,1-3H3/p+1. The van der Waals surface area contributed by atoms with Crippen molar-refractivity contribution in [1.29, 1.82) is 0 Å². The summed E-state index contributed by atoms with van der Waals surface area (Å²) in [6.45, 7) is 9.96. The van der Waals surface area contributed by atoms with Crippen molar-refractivity contribution in [3.05, 3.63) is 0 Å². The smallest absolute Gasteiger partial charge is 0.410 e. The summed E-state index contributed by atoms with van der Waals surface area (Å²) >= 11 is 0. The molecule has 0 aromatic heterocycles. The summed E-state index contributed by atoms with van der Waals surface area (Å²) in [5.41, 5.74) is 0.0475. The number of likely N-dealkylation sites (tertiary alicyclic amines) is 1. The number of nitrogens with zero attached hydrogens (tertiary/aromatic N) is 1. The number of piperidine rings is 1. The van der Waals surface area contributed by atoms with Crippen molar-refractivity contribution in [2.45, 2.75) is 39.2 Å². The molecule has 2 N–H and O–H groups in total. The topological polar surface area (TPSA) is 46.1 Å². The van der Waals surface area contributed by atoms with E-state index in [4.69, 9.17) is 4.74 Å². The molecule has 2 aliphatic rings. The molecule has 92 valence electrons. The van der Waals surface area contributed by atoms with E-state index in [-0.39, 0.29) is 11.7 Å². The first kappa shape index (κ1) is 11.7. The number of hydrogen-bond acceptors (Lipinski definition) is 2. The number of carbonyl (C=O) groups is 1. The van der Waals surface area contributed by atoms with Crippen LogP contribution in [-0.2, 0) is 4.74 Å². The van der Waals surface area contributed by atoms with Gasteiger partial charge >= 0.3 is 6.09 Å². The first-order chi connectivity index (χ1) is 7.40. The number of hydrogen-bond donors (Lipinski definition) is 1. The molecule has 0 unspecified atom stereocenters. The maximum atomic E-state index is 11.8. The molecule has 2 rings (SSSR count). The molecule has 0 aromatic carbocycles. The summed E-state index contributed by atoms with van der Waals surface area (Å²) in [6, 6.07) is 0. The Morgan fingerprint density at radius 2 is 1.81 bits per heavy atom. The number of quaternary nitrogens is 1. The zero-order valence-corrected chi connectivity index (χ0v) is 10.6. The molecule has 4 heteroatoms. The summed E-state index contributed by atoms with van der Waals surface area (Å²) in [4.78, 5) is 13.6. The van der Waals surface area contributed by atoms with E-state index < -0.39 is 0 Å². The molecule has 16 heavy (non-hydrogen) atoms. The Morgan fingerprint density at radius 1 is 1.25 bits per heavy atom. The predicted octanol–water partition coefficient (Wildman–Crippen LogP) is 0.581. The second-order valence-corrected chi connectivity index (χ2v) is 6.20. The van der Waals surface area contributed by atoms with Gasteiger partial charge < -0.3 is 15.0 Å². The fourth-order valence-corrected chi connectivity index (χ4v) is 2.62. The Morgan fingerprint density at radius 3 is 2.31 bits per heavy atom. The van der Waals surface area contributed by atoms with Crippen molar-refractivity contribution in [3.8, 4) is 0 Å². The molecule has 0 radical (unpaired) electrons. The van der Waals surface area contributed by atoms with Gasteiger partial charge in [-0.05, 0) is 20.8 Å². The monoisotopic (exact) mass is 227 g/mol. The van der Waals surface area contributed by atoms with E-state index in [2.05, 4.69) is 5.32 Å². The lowest BCUT2D eigenvalue weighted by Crippen LogP contribution is -2.88. The van der Waals surface area contributed by atoms with Crippen molar-refractivity contribution < 1.29 is 14.8 Å². The predicted molar refractivity (Wildman–Crippen MR) is 61.1 cm³/mol. The molecule has 1 amide bonds. The normalized spacial score (nSPS) is 24.1. The van der Waals surface area contributed by atoms with E-state index in [9.17, 15) is 4.79 Å². The molecule has 2 heterocycles. The van der Waals surface area contributed by atoms with Crippen LogP contribution < -0.4 is 5.32 Å². The van der Waals surface area contributed by atoms with E-state index in [1.807, 2.05) is 25.7 Å². The molecular weight excluding hydrogens is 204 g/mol. The highest BCUT2D eigenvalue weighted by Crippen LogP contribution is 2.38. The van der Waals surface area contributed by atoms with Gasteiger partial charge in [0.2, 0.25) is 0 Å². The van der Waals surface area contributed by atoms with Crippen LogP contribution >= 0.6 is 0 Å². The number of amides is 1. The minimum Gasteiger partial charge on any atom is -0.444 e. The Bertz CT molecular complexity index is 269. The van der Waals surface area contributed by atoms with Crippen LogP contribution in [0.3, 0.4) is 0 Å². The largest absolute Gasteiger partial charge is 0.444 e. The van der Waals surface area contributed by atoms with Gasteiger partial charge in [-0.25, -0.2) is 4.79 Å². The zero-order chi connectivity index (χ0) is 11.8. The van der Waals surface area contributed by atoms with E-state index in [1.54, 1.807) is 0 Å². The Balaban J connectivity index is 1.81. The molecule has 0 aliphatic carbocycles. The van der Waals surface area contributed by atoms with Crippen LogP contribution in [0.5, 0.6) is 0 Å². The van der Waals surface area contributed by atoms with E-state index in [1.165, 1.54) is 25.9 Å². The highest BCUT2D eigenvalue weighted by atomic mass is 16.6. The van der Waals surface area contributed by atoms with Gasteiger partial charge in [0.1, 0.15) is 5.60 Å². The van der Waals surface area contributed by atoms with Gasteiger partial charge in [-0.1, -0.05) is 0 Å². The maximum Gasteiger partial charge on any atom is 0.410 e. The highest BCUT2D eigenvalue weighted by molar-refractivity contribution is 5.69. The van der Waals surface area contributed by atoms with Gasteiger partial charge in [0.05, 0.1) is 13.1 Å². The lowest BCUT2D eigenvalue weighted by atomic mass is 9.73. The highest BCUT2D eigenvalue weighted by Gasteiger charge is 2.47. The van der Waals surface area contributed by atoms with Crippen LogP contribution in [0.25, 0.3) is 0 Å². The quantitative estimate of drug-likeness (QED) is 0.658. The van der Waals surface area contributed by atoms with Crippen molar-refractivity contribution >= 4 is 6.09 Å². The van der Waals surface area contributed by atoms with Gasteiger partial charge in [-0.3, -0.25) is 0 Å². The Hall–Kier alpha value is -0.770. The molecule has 0 bridgehead atoms. The third-order valence-corrected chi connectivity index (χ3v) is 3.46. The van der Waals surface area contributed by atoms with Crippen LogP contribution in [-0.4, -0.2) is 42.8 Å². The molecule has 4 nitrogen and oxygen atoms in total. The SMILES string of the molecule is CC(C)(C)OC(=O)N1CC2(CC[NH2+]CC2)C1. The first-order valence-electron chi connectivity index (χ1n) is 6.20. The van der Waals surface area contributed by atoms with E-state index in [0.717, 1.165) is 13.1 Å². The van der Waals surface area contributed by atoms with Crippen molar-refractivity contribution in [3.63, 3.8) is 0 Å². The summed E-state index contributed by atoms with van der Waals surface area (Å²) in [5.74, 6) is 0. The van der Waals surface area contributed by atoms with E-state index in [0.29, 0.717) is 5.41 Å². The van der Waals surface area contributed by atoms with E-state index >= 15 is 0 Å². The number of ether oxygens (including phenoxy) is 1. The fourth-order valence-electron chi connectivity index (χ4n) is 2.62. The molecule has 2 saturated heterocycles. The van der Waals surface area contributed by atoms with Crippen LogP contribution in [0.2, 0.25) is 0 Å². The third-order valence-electron chi connectivity index (χ3n) is 3.46. The van der Waals surface area contributed by atoms with Crippen molar-refractivity contribution in [1.82, 2.24) is 4.90 Å². The molecule has 2 fully saturated rings. The number of nitrogens with two attached hydrogens (primary N) is 1. The summed E-state index contributed by atoms with van der Waals surface area (Å²) in [6.07, 6.45) is 2.34. The van der Waals surface area contributed by atoms with Gasteiger partial charge in [0, 0.05) is 31.3 Å². The van der Waals surface area contributed by atoms with Gasteiger partial charge in [0.25, 0.3) is 0 Å². The van der Waals surface area contributed by atoms with Gasteiger partial charge in [-0.15, -0.1) is 0 Å². The van der Waals surface area contributed by atoms with Crippen LogP contribution in [0.1, 0.15) is 33.6 Å². The first-order valence-corrected chi connectivity index (χ1v) is 6.20. The van der Waals surface area contributed by atoms with Gasteiger partial charge in [0.15, 0.2) is 0 Å². The minimum absolute atomic E-state index is 0.146. The Labute approximate surface area is 97.3 Å². The molecule has 2 aliphatic heterocycles. The van der Waals surface area contributed by atoms with Crippen LogP contribution in [0.15, 0.2) is 0 Å². The lowest BCUT2D eigenvalue weighted by molar-refractivity contribution is -0.669. The van der Waals surface area contributed by atoms with Crippen LogP contribution in [0.4, 0.5) is 4.79 Å². The molecule has 0 aromatic rings. The second-order valence-electron chi connectivity index (χ2n) is 6.20. The lowest BCUT2D eigenvalue weighted by Gasteiger charge is -2.51. The molecule has 0 saturated carbocycles. The zero-order valence-electron chi connectivity index (χ0n) is 10.6. The second kappa shape index (κ2) is 3.91. The summed E-state index contributed by atoms with van der Waals surface area (Å²) < 4.78 is 5.35. The van der Waals surface area contributed by atoms with Gasteiger partial charge in [-0.2, -0.15) is 0 Å². The summed E-state index contributed by atoms with van der Waals surface area (Å²) in [7, 11) is 0. The number of carbonyl (C=O) groups excluding carboxylic acids is 1. The summed E-state index contributed by atoms with van der Waals surface area (Å²) in [5, 5.41) is 2.36. The third kappa shape index (κ3) is 2.48.